The largest absolute Gasteiger partial charge is 0.365 e. The lowest BCUT2D eigenvalue weighted by Crippen LogP contribution is -2.36. The van der Waals surface area contributed by atoms with Crippen LogP contribution in [0, 0.1) is 0 Å². The Morgan fingerprint density at radius 2 is 2.05 bits per heavy atom. The maximum Gasteiger partial charge on any atom is 0.365 e. The van der Waals surface area contributed by atoms with Crippen molar-refractivity contribution in [3.8, 4) is 5.69 Å². The lowest BCUT2D eigenvalue weighted by atomic mass is 10.1. The summed E-state index contributed by atoms with van der Waals surface area (Å²) in [4.78, 5) is 36.6. The molecule has 2 aromatic rings. The van der Waals surface area contributed by atoms with Crippen LogP contribution in [-0.4, -0.2) is 56.6 Å². The number of nitrogens with zero attached hydrogens (tertiary/aromatic N) is 4. The van der Waals surface area contributed by atoms with Gasteiger partial charge in [-0.3, -0.25) is 9.59 Å². The summed E-state index contributed by atoms with van der Waals surface area (Å²) in [5, 5.41) is 12.0. The van der Waals surface area contributed by atoms with Crippen molar-refractivity contribution in [2.45, 2.75) is 12.5 Å². The average molecular weight is 302 g/mol. The van der Waals surface area contributed by atoms with Crippen LogP contribution < -0.4 is 11.0 Å². The topological polar surface area (TPSA) is 113 Å². The first-order valence-electron chi connectivity index (χ1n) is 6.70. The summed E-state index contributed by atoms with van der Waals surface area (Å²) in [6.07, 6.45) is 0.314. The monoisotopic (exact) mass is 302 g/mol. The molecule has 1 aromatic heterocycles. The van der Waals surface area contributed by atoms with E-state index in [9.17, 15) is 14.4 Å². The number of aromatic amines is 1. The summed E-state index contributed by atoms with van der Waals surface area (Å²) in [5.74, 6) is -0.238. The molecule has 0 spiro atoms. The first kappa shape index (κ1) is 14.0. The van der Waals surface area contributed by atoms with Crippen LogP contribution in [0.2, 0.25) is 0 Å². The van der Waals surface area contributed by atoms with Crippen LogP contribution in [0.5, 0.6) is 0 Å². The Hall–Kier alpha value is -2.97. The average Bonchev–Trinajstić information content (AvgIpc) is 3.05. The molecule has 0 bridgehead atoms. The Morgan fingerprint density at radius 1 is 1.32 bits per heavy atom. The molecule has 22 heavy (non-hydrogen) atoms. The summed E-state index contributed by atoms with van der Waals surface area (Å²) in [5.41, 5.74) is 0.498. The molecule has 9 nitrogen and oxygen atoms in total. The minimum absolute atomic E-state index is 0.0195. The minimum atomic E-state index is -0.454. The third-order valence-electron chi connectivity index (χ3n) is 3.52. The van der Waals surface area contributed by atoms with Gasteiger partial charge in [0.25, 0.3) is 5.91 Å². The summed E-state index contributed by atoms with van der Waals surface area (Å²) in [6, 6.07) is 6.21. The predicted octanol–water partition coefficient (Wildman–Crippen LogP) is -1.08. The van der Waals surface area contributed by atoms with Gasteiger partial charge in [0.1, 0.15) is 0 Å². The van der Waals surface area contributed by atoms with Gasteiger partial charge in [0.15, 0.2) is 0 Å². The number of carbonyl (C=O) groups excluding carboxylic acids is 2. The number of H-pyrrole nitrogens is 1. The molecule has 0 radical (unpaired) electrons. The van der Waals surface area contributed by atoms with Gasteiger partial charge in [0.05, 0.1) is 11.7 Å². The van der Waals surface area contributed by atoms with Crippen molar-refractivity contribution in [1.82, 2.24) is 30.4 Å². The molecular weight excluding hydrogens is 288 g/mol. The van der Waals surface area contributed by atoms with Gasteiger partial charge in [-0.25, -0.2) is 9.89 Å². The highest BCUT2D eigenvalue weighted by molar-refractivity contribution is 5.95. The van der Waals surface area contributed by atoms with E-state index in [0.717, 1.165) is 4.68 Å². The number of likely N-dealkylation sites (tertiary alicyclic amines) is 1. The Morgan fingerprint density at radius 3 is 2.59 bits per heavy atom. The van der Waals surface area contributed by atoms with Crippen molar-refractivity contribution in [2.75, 3.05) is 13.6 Å². The van der Waals surface area contributed by atoms with E-state index >= 15 is 0 Å². The van der Waals surface area contributed by atoms with Gasteiger partial charge in [0.2, 0.25) is 5.91 Å². The van der Waals surface area contributed by atoms with E-state index < -0.39 is 5.69 Å². The zero-order chi connectivity index (χ0) is 15.7. The Labute approximate surface area is 124 Å². The molecule has 1 saturated heterocycles. The van der Waals surface area contributed by atoms with Gasteiger partial charge in [0, 0.05) is 25.6 Å². The smallest absolute Gasteiger partial charge is 0.347 e. The zero-order valence-corrected chi connectivity index (χ0v) is 11.8. The highest BCUT2D eigenvalue weighted by Crippen LogP contribution is 2.11. The summed E-state index contributed by atoms with van der Waals surface area (Å²) in [7, 11) is 1.71. The molecule has 0 saturated carbocycles. The first-order valence-corrected chi connectivity index (χ1v) is 6.70. The van der Waals surface area contributed by atoms with Crippen LogP contribution in [0.25, 0.3) is 5.69 Å². The van der Waals surface area contributed by atoms with Crippen molar-refractivity contribution in [1.29, 1.82) is 0 Å². The van der Waals surface area contributed by atoms with Gasteiger partial charge in [-0.05, 0) is 34.7 Å². The summed E-state index contributed by atoms with van der Waals surface area (Å²) < 4.78 is 1.09. The molecule has 1 atom stereocenters. The number of rotatable bonds is 3. The van der Waals surface area contributed by atoms with Crippen LogP contribution in [0.15, 0.2) is 29.1 Å². The molecule has 1 fully saturated rings. The van der Waals surface area contributed by atoms with Crippen LogP contribution in [0.4, 0.5) is 0 Å². The molecule has 2 heterocycles. The fourth-order valence-corrected chi connectivity index (χ4v) is 2.35. The second kappa shape index (κ2) is 5.43. The normalized spacial score (nSPS) is 17.8. The maximum atomic E-state index is 12.1. The van der Waals surface area contributed by atoms with E-state index in [1.165, 1.54) is 0 Å². The molecule has 0 aliphatic carbocycles. The Kier molecular flexibility index (Phi) is 3.45. The third-order valence-corrected chi connectivity index (χ3v) is 3.52. The van der Waals surface area contributed by atoms with Gasteiger partial charge in [-0.15, -0.1) is 0 Å². The number of tetrazole rings is 1. The quantitative estimate of drug-likeness (QED) is 0.748. The summed E-state index contributed by atoms with van der Waals surface area (Å²) >= 11 is 0. The third kappa shape index (κ3) is 2.60. The van der Waals surface area contributed by atoms with Crippen LogP contribution >= 0.6 is 0 Å². The van der Waals surface area contributed by atoms with Crippen molar-refractivity contribution in [3.63, 3.8) is 0 Å². The van der Waals surface area contributed by atoms with Gasteiger partial charge in [-0.1, -0.05) is 0 Å². The number of amides is 2. The number of carbonyl (C=O) groups is 2. The Bertz CT molecular complexity index is 763. The summed E-state index contributed by atoms with van der Waals surface area (Å²) in [6.45, 7) is 0.511. The second-order valence-corrected chi connectivity index (χ2v) is 5.11. The lowest BCUT2D eigenvalue weighted by Gasteiger charge is -2.12. The molecule has 2 N–H and O–H groups in total. The fourth-order valence-electron chi connectivity index (χ4n) is 2.35. The van der Waals surface area contributed by atoms with Crippen molar-refractivity contribution >= 4 is 11.8 Å². The highest BCUT2D eigenvalue weighted by atomic mass is 16.2. The molecule has 114 valence electrons. The zero-order valence-electron chi connectivity index (χ0n) is 11.8. The standard InChI is InChI=1S/C13H14N6O3/c1-18-7-9(6-11(18)20)14-12(21)8-2-4-10(5-3-8)19-13(22)15-16-17-19/h2-5,9H,6-7H2,1H3,(H,14,21)(H,15,17,22)/t9-/m0/s1. The molecular formula is C13H14N6O3. The van der Waals surface area contributed by atoms with Crippen molar-refractivity contribution in [3.05, 3.63) is 40.3 Å². The van der Waals surface area contributed by atoms with Crippen LogP contribution in [0.3, 0.4) is 0 Å². The molecule has 0 unspecified atom stereocenters. The molecule has 1 aromatic carbocycles. The molecule has 3 rings (SSSR count). The van der Waals surface area contributed by atoms with Gasteiger partial charge >= 0.3 is 5.69 Å². The first-order chi connectivity index (χ1) is 10.5. The van der Waals surface area contributed by atoms with Crippen LogP contribution in [-0.2, 0) is 4.79 Å². The number of aromatic nitrogens is 4. The number of benzene rings is 1. The Balaban J connectivity index is 1.70. The van der Waals surface area contributed by atoms with E-state index in [-0.39, 0.29) is 17.9 Å². The highest BCUT2D eigenvalue weighted by Gasteiger charge is 2.28. The fraction of sp³-hybridized carbons (Fsp3) is 0.308. The van der Waals surface area contributed by atoms with E-state index in [0.29, 0.717) is 24.2 Å². The van der Waals surface area contributed by atoms with E-state index in [2.05, 4.69) is 20.8 Å². The molecule has 1 aliphatic heterocycles. The minimum Gasteiger partial charge on any atom is -0.347 e. The maximum absolute atomic E-state index is 12.1. The SMILES string of the molecule is CN1C[C@@H](NC(=O)c2ccc(-n3nn[nH]c3=O)cc2)CC1=O. The van der Waals surface area contributed by atoms with Gasteiger partial charge < -0.3 is 10.2 Å². The number of likely N-dealkylation sites (N-methyl/N-ethyl adjacent to an activating group) is 1. The lowest BCUT2D eigenvalue weighted by molar-refractivity contribution is -0.126. The second-order valence-electron chi connectivity index (χ2n) is 5.11. The van der Waals surface area contributed by atoms with E-state index in [4.69, 9.17) is 0 Å². The van der Waals surface area contributed by atoms with Crippen molar-refractivity contribution < 1.29 is 9.59 Å². The molecule has 2 amide bonds. The van der Waals surface area contributed by atoms with Gasteiger partial charge in [-0.2, -0.15) is 4.68 Å². The number of hydrogen-bond donors (Lipinski definition) is 2. The van der Waals surface area contributed by atoms with Crippen LogP contribution in [0.1, 0.15) is 16.8 Å². The van der Waals surface area contributed by atoms with E-state index in [1.807, 2.05) is 0 Å². The number of hydrogen-bond acceptors (Lipinski definition) is 5. The van der Waals surface area contributed by atoms with Crippen molar-refractivity contribution in [2.24, 2.45) is 0 Å². The molecule has 9 heteroatoms. The number of nitrogens with one attached hydrogen (secondary N) is 2. The molecule has 1 aliphatic rings. The predicted molar refractivity (Wildman–Crippen MR) is 75.5 cm³/mol. The van der Waals surface area contributed by atoms with E-state index in [1.54, 1.807) is 36.2 Å².